The first kappa shape index (κ1) is 77.1. The van der Waals surface area contributed by atoms with Gasteiger partial charge in [-0.25, -0.2) is 0 Å². The SMILES string of the molecule is CCCC/C=C\C/C=C\CCCCCCCC(=O)OCC(COC(=O)CCCCCCCCCCCCCCCCCCCCC/C=C\CCCCCCCCCC)OC(=O)CCCCCCCCC/C=C\C/C=C\CCCCC. The summed E-state index contributed by atoms with van der Waals surface area (Å²) >= 11 is 0. The highest BCUT2D eigenvalue weighted by molar-refractivity contribution is 5.71. The van der Waals surface area contributed by atoms with E-state index in [9.17, 15) is 14.4 Å². The average molecular weight is 1120 g/mol. The summed E-state index contributed by atoms with van der Waals surface area (Å²) in [6, 6.07) is 0. The highest BCUT2D eigenvalue weighted by Gasteiger charge is 2.19. The van der Waals surface area contributed by atoms with E-state index in [2.05, 4.69) is 81.5 Å². The molecule has 0 aromatic carbocycles. The lowest BCUT2D eigenvalue weighted by molar-refractivity contribution is -0.167. The second-order valence-corrected chi connectivity index (χ2v) is 23.8. The van der Waals surface area contributed by atoms with Crippen LogP contribution < -0.4 is 0 Å². The van der Waals surface area contributed by atoms with Crippen LogP contribution in [-0.4, -0.2) is 37.2 Å². The summed E-state index contributed by atoms with van der Waals surface area (Å²) in [5, 5.41) is 0. The Labute approximate surface area is 498 Å². The zero-order chi connectivity index (χ0) is 57.8. The van der Waals surface area contributed by atoms with Gasteiger partial charge >= 0.3 is 17.9 Å². The summed E-state index contributed by atoms with van der Waals surface area (Å²) in [5.41, 5.74) is 0. The maximum absolute atomic E-state index is 12.9. The molecule has 1 unspecified atom stereocenters. The first-order valence-corrected chi connectivity index (χ1v) is 35.3. The van der Waals surface area contributed by atoms with Gasteiger partial charge in [0.25, 0.3) is 0 Å². The Morgan fingerprint density at radius 2 is 0.463 bits per heavy atom. The van der Waals surface area contributed by atoms with Gasteiger partial charge in [0.05, 0.1) is 0 Å². The van der Waals surface area contributed by atoms with Gasteiger partial charge in [-0.05, 0) is 103 Å². The third kappa shape index (κ3) is 65.9. The predicted octanol–water partition coefficient (Wildman–Crippen LogP) is 24.3. The third-order valence-corrected chi connectivity index (χ3v) is 15.7. The molecule has 6 heteroatoms. The van der Waals surface area contributed by atoms with Crippen molar-refractivity contribution in [2.24, 2.45) is 0 Å². The molecule has 0 fully saturated rings. The van der Waals surface area contributed by atoms with Crippen LogP contribution in [0, 0.1) is 0 Å². The van der Waals surface area contributed by atoms with Gasteiger partial charge in [-0.2, -0.15) is 0 Å². The molecule has 0 spiro atoms. The Kier molecular flexibility index (Phi) is 66.1. The highest BCUT2D eigenvalue weighted by atomic mass is 16.6. The number of ether oxygens (including phenoxy) is 3. The van der Waals surface area contributed by atoms with E-state index < -0.39 is 6.10 Å². The topological polar surface area (TPSA) is 78.9 Å². The average Bonchev–Trinajstić information content (AvgIpc) is 3.46. The number of rotatable bonds is 65. The number of hydrogen-bond donors (Lipinski definition) is 0. The minimum atomic E-state index is -0.784. The van der Waals surface area contributed by atoms with E-state index in [4.69, 9.17) is 14.2 Å². The van der Waals surface area contributed by atoms with Crippen LogP contribution in [0.5, 0.6) is 0 Å². The van der Waals surface area contributed by atoms with Gasteiger partial charge in [0.2, 0.25) is 0 Å². The van der Waals surface area contributed by atoms with E-state index in [1.165, 1.54) is 244 Å². The Hall–Kier alpha value is -2.89. The molecule has 0 aliphatic carbocycles. The summed E-state index contributed by atoms with van der Waals surface area (Å²) < 4.78 is 17.0. The summed E-state index contributed by atoms with van der Waals surface area (Å²) in [5.74, 6) is -0.881. The molecule has 0 rings (SSSR count). The first-order valence-electron chi connectivity index (χ1n) is 35.3. The highest BCUT2D eigenvalue weighted by Crippen LogP contribution is 2.18. The minimum Gasteiger partial charge on any atom is -0.462 e. The van der Waals surface area contributed by atoms with Crippen LogP contribution in [0.2, 0.25) is 0 Å². The molecule has 0 saturated carbocycles. The summed E-state index contributed by atoms with van der Waals surface area (Å²) in [6.07, 6.45) is 88.3. The number of carbonyl (C=O) groups is 3. The Morgan fingerprint density at radius 1 is 0.250 bits per heavy atom. The number of hydrogen-bond acceptors (Lipinski definition) is 6. The zero-order valence-electron chi connectivity index (χ0n) is 53.6. The molecule has 0 bridgehead atoms. The van der Waals surface area contributed by atoms with Crippen molar-refractivity contribution in [3.05, 3.63) is 60.8 Å². The molecule has 0 aliphatic rings. The van der Waals surface area contributed by atoms with Crippen LogP contribution in [0.4, 0.5) is 0 Å². The van der Waals surface area contributed by atoms with Crippen molar-refractivity contribution in [3.8, 4) is 0 Å². The van der Waals surface area contributed by atoms with E-state index in [-0.39, 0.29) is 31.1 Å². The second-order valence-electron chi connectivity index (χ2n) is 23.8. The van der Waals surface area contributed by atoms with Crippen molar-refractivity contribution in [1.29, 1.82) is 0 Å². The lowest BCUT2D eigenvalue weighted by atomic mass is 10.0. The number of unbranched alkanes of at least 4 members (excludes halogenated alkanes) is 44. The second kappa shape index (κ2) is 68.6. The van der Waals surface area contributed by atoms with Gasteiger partial charge in [0.15, 0.2) is 6.10 Å². The molecule has 0 aliphatic heterocycles. The maximum Gasteiger partial charge on any atom is 0.306 e. The fraction of sp³-hybridized carbons (Fsp3) is 0.824. The molecular weight excluding hydrogens is 985 g/mol. The molecular formula is C74H134O6. The van der Waals surface area contributed by atoms with Gasteiger partial charge in [0.1, 0.15) is 13.2 Å². The molecule has 6 nitrogen and oxygen atoms in total. The van der Waals surface area contributed by atoms with E-state index in [1.54, 1.807) is 0 Å². The molecule has 1 atom stereocenters. The Balaban J connectivity index is 4.18. The van der Waals surface area contributed by atoms with E-state index >= 15 is 0 Å². The van der Waals surface area contributed by atoms with E-state index in [0.717, 1.165) is 89.9 Å². The molecule has 0 aromatic heterocycles. The fourth-order valence-electron chi connectivity index (χ4n) is 10.4. The van der Waals surface area contributed by atoms with Gasteiger partial charge < -0.3 is 14.2 Å². The normalized spacial score (nSPS) is 12.4. The predicted molar refractivity (Wildman–Crippen MR) is 348 cm³/mol. The van der Waals surface area contributed by atoms with Crippen molar-refractivity contribution in [2.45, 2.75) is 380 Å². The fourth-order valence-corrected chi connectivity index (χ4v) is 10.4. The molecule has 466 valence electrons. The van der Waals surface area contributed by atoms with Crippen LogP contribution in [0.25, 0.3) is 0 Å². The monoisotopic (exact) mass is 1120 g/mol. The van der Waals surface area contributed by atoms with Gasteiger partial charge in [-0.1, -0.05) is 313 Å². The molecule has 0 heterocycles. The maximum atomic E-state index is 12.9. The number of esters is 3. The van der Waals surface area contributed by atoms with Gasteiger partial charge in [-0.3, -0.25) is 14.4 Å². The summed E-state index contributed by atoms with van der Waals surface area (Å²) in [4.78, 5) is 38.4. The molecule has 0 aromatic rings. The standard InChI is InChI=1S/C74H134O6/c1-4-7-10-13-16-19-22-25-28-30-31-32-33-34-35-36-37-38-39-40-41-42-43-45-46-49-52-55-58-61-64-67-73(76)79-70-71(69-78-72(75)66-63-60-57-54-51-48-27-24-21-18-15-12-9-6-3)80-74(77)68-65-62-59-56-53-50-47-44-29-26-23-20-17-14-11-8-5-2/h15,17-18,20,24,26-27,29-31,71H,4-14,16,19,21-23,25,28,32-70H2,1-3H3/b18-15-,20-17-,27-24-,29-26-,31-30-. The van der Waals surface area contributed by atoms with Crippen molar-refractivity contribution in [1.82, 2.24) is 0 Å². The van der Waals surface area contributed by atoms with Crippen LogP contribution in [0.3, 0.4) is 0 Å². The first-order chi connectivity index (χ1) is 39.5. The van der Waals surface area contributed by atoms with Crippen molar-refractivity contribution >= 4 is 17.9 Å². The number of allylic oxidation sites excluding steroid dienone is 10. The smallest absolute Gasteiger partial charge is 0.306 e. The van der Waals surface area contributed by atoms with Crippen LogP contribution in [0.1, 0.15) is 374 Å². The van der Waals surface area contributed by atoms with Crippen LogP contribution in [0.15, 0.2) is 60.8 Å². The zero-order valence-corrected chi connectivity index (χ0v) is 53.6. The minimum absolute atomic E-state index is 0.0789. The van der Waals surface area contributed by atoms with Crippen molar-refractivity contribution in [2.75, 3.05) is 13.2 Å². The van der Waals surface area contributed by atoms with Crippen LogP contribution in [-0.2, 0) is 28.6 Å². The molecule has 0 amide bonds. The van der Waals surface area contributed by atoms with Gasteiger partial charge in [-0.15, -0.1) is 0 Å². The van der Waals surface area contributed by atoms with E-state index in [1.807, 2.05) is 0 Å². The van der Waals surface area contributed by atoms with Crippen LogP contribution >= 0.6 is 0 Å². The quantitative estimate of drug-likeness (QED) is 0.0261. The van der Waals surface area contributed by atoms with Crippen molar-refractivity contribution in [3.63, 3.8) is 0 Å². The Morgan fingerprint density at radius 3 is 0.762 bits per heavy atom. The summed E-state index contributed by atoms with van der Waals surface area (Å²) in [7, 11) is 0. The molecule has 80 heavy (non-hydrogen) atoms. The van der Waals surface area contributed by atoms with E-state index in [0.29, 0.717) is 19.3 Å². The number of carbonyl (C=O) groups excluding carboxylic acids is 3. The van der Waals surface area contributed by atoms with Crippen molar-refractivity contribution < 1.29 is 28.6 Å². The summed E-state index contributed by atoms with van der Waals surface area (Å²) in [6.45, 7) is 6.61. The lowest BCUT2D eigenvalue weighted by Gasteiger charge is -2.18. The largest absolute Gasteiger partial charge is 0.462 e. The molecule has 0 saturated heterocycles. The molecule has 0 radical (unpaired) electrons. The molecule has 0 N–H and O–H groups in total. The Bertz CT molecular complexity index is 1430. The van der Waals surface area contributed by atoms with Gasteiger partial charge in [0, 0.05) is 19.3 Å². The third-order valence-electron chi connectivity index (χ3n) is 15.7. The lowest BCUT2D eigenvalue weighted by Crippen LogP contribution is -2.30.